The van der Waals surface area contributed by atoms with Crippen LogP contribution >= 0.6 is 11.6 Å². The molecule has 35 heavy (non-hydrogen) atoms. The summed E-state index contributed by atoms with van der Waals surface area (Å²) < 4.78 is 33.2. The number of carbonyl (C=O) groups is 1. The van der Waals surface area contributed by atoms with Crippen molar-refractivity contribution in [3.8, 4) is 5.75 Å². The molecule has 8 nitrogen and oxygen atoms in total. The maximum absolute atomic E-state index is 12.8. The summed E-state index contributed by atoms with van der Waals surface area (Å²) in [5, 5.41) is 3.53. The van der Waals surface area contributed by atoms with E-state index in [9.17, 15) is 13.2 Å². The van der Waals surface area contributed by atoms with Crippen molar-refractivity contribution in [2.75, 3.05) is 52.9 Å². The molecule has 0 unspecified atom stereocenters. The van der Waals surface area contributed by atoms with Gasteiger partial charge in [0.25, 0.3) is 0 Å². The van der Waals surface area contributed by atoms with E-state index >= 15 is 0 Å². The van der Waals surface area contributed by atoms with Crippen LogP contribution < -0.4 is 10.1 Å². The van der Waals surface area contributed by atoms with Gasteiger partial charge in [0.2, 0.25) is 15.9 Å². The predicted octanol–water partition coefficient (Wildman–Crippen LogP) is 2.44. The number of piperazine rings is 1. The number of nitrogens with zero attached hydrogens (tertiary/aromatic N) is 3. The molecular formula is C25H33ClN4O4S. The molecule has 0 aliphatic carbocycles. The zero-order valence-electron chi connectivity index (χ0n) is 20.0. The van der Waals surface area contributed by atoms with Crippen LogP contribution in [-0.4, -0.2) is 87.4 Å². The van der Waals surface area contributed by atoms with Gasteiger partial charge in [-0.05, 0) is 55.4 Å². The average Bonchev–Trinajstić information content (AvgIpc) is 3.24. The van der Waals surface area contributed by atoms with Gasteiger partial charge in [-0.1, -0.05) is 23.7 Å². The Morgan fingerprint density at radius 1 is 1.11 bits per heavy atom. The van der Waals surface area contributed by atoms with Crippen LogP contribution in [0, 0.1) is 0 Å². The maximum atomic E-state index is 12.8. The van der Waals surface area contributed by atoms with E-state index in [-0.39, 0.29) is 16.8 Å². The van der Waals surface area contributed by atoms with E-state index < -0.39 is 10.0 Å². The Kier molecular flexibility index (Phi) is 8.67. The van der Waals surface area contributed by atoms with Crippen LogP contribution in [0.4, 0.5) is 0 Å². The van der Waals surface area contributed by atoms with E-state index in [1.165, 1.54) is 4.31 Å². The Bertz CT molecular complexity index is 1100. The smallest absolute Gasteiger partial charge is 0.243 e. The van der Waals surface area contributed by atoms with Crippen molar-refractivity contribution in [1.82, 2.24) is 19.4 Å². The lowest BCUT2D eigenvalue weighted by Crippen LogP contribution is -2.49. The van der Waals surface area contributed by atoms with Gasteiger partial charge in [0.15, 0.2) is 0 Å². The molecule has 2 saturated heterocycles. The highest BCUT2D eigenvalue weighted by atomic mass is 35.5. The topological polar surface area (TPSA) is 82.2 Å². The number of likely N-dealkylation sites (N-methyl/N-ethyl adjacent to an activating group) is 1. The van der Waals surface area contributed by atoms with Gasteiger partial charge in [-0.2, -0.15) is 4.31 Å². The van der Waals surface area contributed by atoms with Crippen molar-refractivity contribution < 1.29 is 17.9 Å². The minimum atomic E-state index is -3.50. The third kappa shape index (κ3) is 7.17. The Balaban J connectivity index is 1.19. The molecule has 1 amide bonds. The number of halogens is 1. The fourth-order valence-electron chi connectivity index (χ4n) is 4.54. The second-order valence-electron chi connectivity index (χ2n) is 9.20. The van der Waals surface area contributed by atoms with Crippen LogP contribution in [0.5, 0.6) is 5.75 Å². The molecule has 1 N–H and O–H groups in total. The number of rotatable bonds is 10. The number of carbonyl (C=O) groups excluding carboxylic acids is 1. The number of amides is 1. The highest BCUT2D eigenvalue weighted by molar-refractivity contribution is 7.89. The molecule has 2 fully saturated rings. The molecule has 2 aromatic carbocycles. The largest absolute Gasteiger partial charge is 0.492 e. The number of sulfonamides is 1. The van der Waals surface area contributed by atoms with E-state index in [2.05, 4.69) is 34.3 Å². The SMILES string of the molecule is CN(Cc1cccc(OCCN2CCN(S(=O)(=O)c3ccc(Cl)cc3)CC2)c1)C[C@@H]1CCC(=O)N1. The number of nitrogens with one attached hydrogen (secondary N) is 1. The van der Waals surface area contributed by atoms with Gasteiger partial charge >= 0.3 is 0 Å². The molecule has 2 aliphatic heterocycles. The lowest BCUT2D eigenvalue weighted by Gasteiger charge is -2.33. The third-order valence-corrected chi connectivity index (χ3v) is 8.59. The molecule has 4 rings (SSSR count). The zero-order chi connectivity index (χ0) is 24.8. The normalized spacial score (nSPS) is 19.7. The van der Waals surface area contributed by atoms with Crippen LogP contribution in [0.1, 0.15) is 18.4 Å². The summed E-state index contributed by atoms with van der Waals surface area (Å²) in [5.41, 5.74) is 1.16. The summed E-state index contributed by atoms with van der Waals surface area (Å²) in [5.74, 6) is 0.970. The van der Waals surface area contributed by atoms with Crippen molar-refractivity contribution in [3.63, 3.8) is 0 Å². The minimum Gasteiger partial charge on any atom is -0.492 e. The van der Waals surface area contributed by atoms with Gasteiger partial charge in [-0.15, -0.1) is 0 Å². The Hall–Kier alpha value is -2.17. The summed E-state index contributed by atoms with van der Waals surface area (Å²) in [4.78, 5) is 16.1. The van der Waals surface area contributed by atoms with E-state index in [1.807, 2.05) is 12.1 Å². The second-order valence-corrected chi connectivity index (χ2v) is 11.6. The van der Waals surface area contributed by atoms with E-state index in [4.69, 9.17) is 16.3 Å². The second kappa shape index (κ2) is 11.7. The molecule has 0 aromatic heterocycles. The summed E-state index contributed by atoms with van der Waals surface area (Å²) >= 11 is 5.88. The van der Waals surface area contributed by atoms with Crippen molar-refractivity contribution in [3.05, 3.63) is 59.1 Å². The van der Waals surface area contributed by atoms with Crippen LogP contribution in [0.15, 0.2) is 53.4 Å². The molecule has 0 bridgehead atoms. The third-order valence-electron chi connectivity index (χ3n) is 6.43. The van der Waals surface area contributed by atoms with Crippen molar-refractivity contribution in [2.45, 2.75) is 30.3 Å². The van der Waals surface area contributed by atoms with Crippen molar-refractivity contribution in [1.29, 1.82) is 0 Å². The zero-order valence-corrected chi connectivity index (χ0v) is 21.6. The molecule has 2 aromatic rings. The van der Waals surface area contributed by atoms with E-state index in [1.54, 1.807) is 24.3 Å². The molecule has 2 heterocycles. The molecule has 190 valence electrons. The fourth-order valence-corrected chi connectivity index (χ4v) is 6.09. The average molecular weight is 521 g/mol. The Morgan fingerprint density at radius 3 is 2.54 bits per heavy atom. The summed E-state index contributed by atoms with van der Waals surface area (Å²) in [6.45, 7) is 5.13. The van der Waals surface area contributed by atoms with Gasteiger partial charge in [0, 0.05) is 63.3 Å². The summed E-state index contributed by atoms with van der Waals surface area (Å²) in [7, 11) is -1.44. The first kappa shape index (κ1) is 25.9. The van der Waals surface area contributed by atoms with Crippen molar-refractivity contribution >= 4 is 27.5 Å². The molecular weight excluding hydrogens is 488 g/mol. The van der Waals surface area contributed by atoms with Gasteiger partial charge in [-0.25, -0.2) is 8.42 Å². The molecule has 0 saturated carbocycles. The first-order valence-electron chi connectivity index (χ1n) is 12.0. The van der Waals surface area contributed by atoms with Crippen LogP contribution in [0.25, 0.3) is 0 Å². The highest BCUT2D eigenvalue weighted by Gasteiger charge is 2.28. The first-order chi connectivity index (χ1) is 16.8. The molecule has 1 atom stereocenters. The number of ether oxygens (including phenoxy) is 1. The van der Waals surface area contributed by atoms with Crippen LogP contribution in [-0.2, 0) is 21.4 Å². The van der Waals surface area contributed by atoms with Crippen LogP contribution in [0.2, 0.25) is 5.02 Å². The lowest BCUT2D eigenvalue weighted by molar-refractivity contribution is -0.119. The summed E-state index contributed by atoms with van der Waals surface area (Å²) in [6.07, 6.45) is 1.52. The van der Waals surface area contributed by atoms with Gasteiger partial charge in [0.1, 0.15) is 12.4 Å². The predicted molar refractivity (Wildman–Crippen MR) is 136 cm³/mol. The van der Waals surface area contributed by atoms with E-state index in [0.29, 0.717) is 44.2 Å². The Morgan fingerprint density at radius 2 is 1.86 bits per heavy atom. The summed E-state index contributed by atoms with van der Waals surface area (Å²) in [6, 6.07) is 14.6. The number of benzene rings is 2. The Labute approximate surface area is 212 Å². The van der Waals surface area contributed by atoms with Gasteiger partial charge in [0.05, 0.1) is 4.90 Å². The lowest BCUT2D eigenvalue weighted by atomic mass is 10.1. The molecule has 0 spiro atoms. The highest BCUT2D eigenvalue weighted by Crippen LogP contribution is 2.20. The van der Waals surface area contributed by atoms with Gasteiger partial charge < -0.3 is 15.0 Å². The maximum Gasteiger partial charge on any atom is 0.243 e. The number of hydrogen-bond acceptors (Lipinski definition) is 6. The quantitative estimate of drug-likeness (QED) is 0.518. The molecule has 0 radical (unpaired) electrons. The first-order valence-corrected chi connectivity index (χ1v) is 13.8. The van der Waals surface area contributed by atoms with Gasteiger partial charge in [-0.3, -0.25) is 9.69 Å². The molecule has 2 aliphatic rings. The van der Waals surface area contributed by atoms with E-state index in [0.717, 1.165) is 37.4 Å². The fraction of sp³-hybridized carbons (Fsp3) is 0.480. The standard InChI is InChI=1S/C25H33ClN4O4S/c1-28(19-22-7-10-25(31)27-22)18-20-3-2-4-23(17-20)34-16-15-29-11-13-30(14-12-29)35(32,33)24-8-5-21(26)6-9-24/h2-6,8-9,17,22H,7,10-16,18-19H2,1H3,(H,27,31)/t22-/m0/s1. The van der Waals surface area contributed by atoms with Crippen molar-refractivity contribution in [2.24, 2.45) is 0 Å². The minimum absolute atomic E-state index is 0.142. The molecule has 10 heteroatoms. The monoisotopic (exact) mass is 520 g/mol. The van der Waals surface area contributed by atoms with Crippen LogP contribution in [0.3, 0.4) is 0 Å². The number of hydrogen-bond donors (Lipinski definition) is 1.